The Hall–Kier alpha value is -0.780. The number of ether oxygens (including phenoxy) is 1. The molecular formula is C12H24ClN3O2. The average molecular weight is 278 g/mol. The summed E-state index contributed by atoms with van der Waals surface area (Å²) in [6.45, 7) is 3.63. The molecular weight excluding hydrogens is 254 g/mol. The van der Waals surface area contributed by atoms with Gasteiger partial charge in [0.25, 0.3) is 0 Å². The van der Waals surface area contributed by atoms with Crippen molar-refractivity contribution in [3.8, 4) is 0 Å². The van der Waals surface area contributed by atoms with E-state index in [2.05, 4.69) is 12.1 Å². The zero-order chi connectivity index (χ0) is 12.5. The standard InChI is InChI=1S/C12H23N3O2.ClH/c1-3-4-5-6-9-17-11-15-8-7-14(2)12(15)10-13-16;/h7-8,10,12,16H,3-6,9,11H2,1-2H3;1H/b13-10-;. The van der Waals surface area contributed by atoms with E-state index in [1.54, 1.807) is 0 Å². The van der Waals surface area contributed by atoms with Crippen LogP contribution in [0.2, 0.25) is 0 Å². The summed E-state index contributed by atoms with van der Waals surface area (Å²) in [5.74, 6) is 0. The third kappa shape index (κ3) is 5.71. The van der Waals surface area contributed by atoms with Gasteiger partial charge in [-0.1, -0.05) is 31.3 Å². The number of oxime groups is 1. The van der Waals surface area contributed by atoms with Gasteiger partial charge in [-0.2, -0.15) is 0 Å². The molecule has 2 N–H and O–H groups in total. The zero-order valence-electron chi connectivity index (χ0n) is 11.2. The quantitative estimate of drug-likeness (QED) is 0.226. The Morgan fingerprint density at radius 2 is 2.22 bits per heavy atom. The maximum atomic E-state index is 8.59. The van der Waals surface area contributed by atoms with Gasteiger partial charge in [0, 0.05) is 7.05 Å². The fraction of sp³-hybridized carbons (Fsp3) is 0.750. The lowest BCUT2D eigenvalue weighted by Gasteiger charge is -2.21. The molecule has 1 heterocycles. The van der Waals surface area contributed by atoms with Crippen LogP contribution in [0.25, 0.3) is 0 Å². The van der Waals surface area contributed by atoms with E-state index in [1.165, 1.54) is 25.5 Å². The fourth-order valence-corrected chi connectivity index (χ4v) is 1.88. The second-order valence-corrected chi connectivity index (χ2v) is 4.38. The summed E-state index contributed by atoms with van der Waals surface area (Å²) in [6, 6.07) is 0. The lowest BCUT2D eigenvalue weighted by Crippen LogP contribution is -3.12. The molecule has 5 nitrogen and oxygen atoms in total. The number of rotatable bonds is 8. The minimum absolute atomic E-state index is 0. The lowest BCUT2D eigenvalue weighted by atomic mass is 10.2. The Balaban J connectivity index is 0.00000289. The van der Waals surface area contributed by atoms with Gasteiger partial charge in [0.2, 0.25) is 6.17 Å². The maximum Gasteiger partial charge on any atom is 0.209 e. The van der Waals surface area contributed by atoms with E-state index in [9.17, 15) is 0 Å². The van der Waals surface area contributed by atoms with Gasteiger partial charge >= 0.3 is 0 Å². The predicted octanol–water partition coefficient (Wildman–Crippen LogP) is -2.37. The highest BCUT2D eigenvalue weighted by Gasteiger charge is 2.27. The van der Waals surface area contributed by atoms with Crippen molar-refractivity contribution in [1.82, 2.24) is 4.90 Å². The summed E-state index contributed by atoms with van der Waals surface area (Å²) in [4.78, 5) is 3.14. The van der Waals surface area contributed by atoms with Crippen molar-refractivity contribution in [2.45, 2.75) is 38.8 Å². The first-order chi connectivity index (χ1) is 8.29. The molecule has 0 saturated heterocycles. The van der Waals surface area contributed by atoms with E-state index in [0.29, 0.717) is 6.73 Å². The molecule has 2 atom stereocenters. The Kier molecular flexibility index (Phi) is 9.73. The first kappa shape index (κ1) is 17.2. The van der Waals surface area contributed by atoms with Crippen LogP contribution in [0.3, 0.4) is 0 Å². The van der Waals surface area contributed by atoms with Crippen LogP contribution in [0.4, 0.5) is 0 Å². The number of hydrogen-bond donors (Lipinski definition) is 2. The van der Waals surface area contributed by atoms with Crippen LogP contribution >= 0.6 is 0 Å². The van der Waals surface area contributed by atoms with Gasteiger partial charge in [-0.15, -0.1) is 0 Å². The SMILES string of the molecule is CCCCCCOC[NH+]1C=CN(C)C1/C=N\O.[Cl-]. The molecule has 1 aliphatic rings. The van der Waals surface area contributed by atoms with Gasteiger partial charge in [0.15, 0.2) is 6.73 Å². The Morgan fingerprint density at radius 3 is 2.89 bits per heavy atom. The van der Waals surface area contributed by atoms with Crippen molar-refractivity contribution in [2.75, 3.05) is 20.4 Å². The van der Waals surface area contributed by atoms with Crippen molar-refractivity contribution in [3.63, 3.8) is 0 Å². The third-order valence-corrected chi connectivity index (χ3v) is 2.96. The average Bonchev–Trinajstić information content (AvgIpc) is 2.66. The van der Waals surface area contributed by atoms with Crippen LogP contribution in [-0.2, 0) is 4.74 Å². The number of nitrogens with one attached hydrogen (secondary N) is 1. The molecule has 0 aromatic heterocycles. The smallest absolute Gasteiger partial charge is 0.209 e. The van der Waals surface area contributed by atoms with E-state index >= 15 is 0 Å². The largest absolute Gasteiger partial charge is 1.00 e. The van der Waals surface area contributed by atoms with Crippen molar-refractivity contribution in [3.05, 3.63) is 12.4 Å². The van der Waals surface area contributed by atoms with Crippen LogP contribution < -0.4 is 17.3 Å². The van der Waals surface area contributed by atoms with Crippen molar-refractivity contribution in [1.29, 1.82) is 0 Å². The molecule has 0 aliphatic carbocycles. The topological polar surface area (TPSA) is 49.5 Å². The number of unbranched alkanes of at least 4 members (excludes halogenated alkanes) is 3. The van der Waals surface area contributed by atoms with Gasteiger partial charge in [0.05, 0.1) is 12.8 Å². The molecule has 0 fully saturated rings. The third-order valence-electron chi connectivity index (χ3n) is 2.96. The second kappa shape index (κ2) is 10.2. The molecule has 0 spiro atoms. The molecule has 6 heteroatoms. The van der Waals surface area contributed by atoms with E-state index in [4.69, 9.17) is 9.94 Å². The molecule has 0 saturated carbocycles. The number of nitrogens with zero attached hydrogens (tertiary/aromatic N) is 2. The second-order valence-electron chi connectivity index (χ2n) is 4.38. The highest BCUT2D eigenvalue weighted by atomic mass is 35.5. The van der Waals surface area contributed by atoms with E-state index < -0.39 is 0 Å². The molecule has 106 valence electrons. The highest BCUT2D eigenvalue weighted by molar-refractivity contribution is 5.61. The number of halogens is 1. The normalized spacial score (nSPS) is 22.7. The minimum atomic E-state index is 0. The van der Waals surface area contributed by atoms with Crippen LogP contribution in [-0.4, -0.2) is 42.9 Å². The van der Waals surface area contributed by atoms with Gasteiger partial charge in [-0.05, 0) is 6.42 Å². The predicted molar refractivity (Wildman–Crippen MR) is 66.9 cm³/mol. The van der Waals surface area contributed by atoms with E-state index in [0.717, 1.165) is 17.9 Å². The summed E-state index contributed by atoms with van der Waals surface area (Å²) >= 11 is 0. The summed E-state index contributed by atoms with van der Waals surface area (Å²) in [5, 5.41) is 11.7. The van der Waals surface area contributed by atoms with E-state index in [-0.39, 0.29) is 18.6 Å². The first-order valence-corrected chi connectivity index (χ1v) is 6.30. The minimum Gasteiger partial charge on any atom is -1.00 e. The van der Waals surface area contributed by atoms with Crippen LogP contribution in [0, 0.1) is 0 Å². The Morgan fingerprint density at radius 1 is 1.44 bits per heavy atom. The van der Waals surface area contributed by atoms with E-state index in [1.807, 2.05) is 24.3 Å². The molecule has 0 aromatic rings. The Labute approximate surface area is 115 Å². The summed E-state index contributed by atoms with van der Waals surface area (Å²) in [7, 11) is 1.96. The van der Waals surface area contributed by atoms with Crippen molar-refractivity contribution < 1.29 is 27.3 Å². The van der Waals surface area contributed by atoms with Gasteiger partial charge < -0.3 is 27.3 Å². The molecule has 2 unspecified atom stereocenters. The zero-order valence-corrected chi connectivity index (χ0v) is 11.9. The summed E-state index contributed by atoms with van der Waals surface area (Å²) in [5.41, 5.74) is 0. The summed E-state index contributed by atoms with van der Waals surface area (Å²) < 4.78 is 5.63. The van der Waals surface area contributed by atoms with Crippen molar-refractivity contribution in [2.24, 2.45) is 5.16 Å². The highest BCUT2D eigenvalue weighted by Crippen LogP contribution is 1.98. The van der Waals surface area contributed by atoms with Crippen LogP contribution in [0.1, 0.15) is 32.6 Å². The monoisotopic (exact) mass is 277 g/mol. The molecule has 1 aliphatic heterocycles. The maximum absolute atomic E-state index is 8.59. The molecule has 1 rings (SSSR count). The Bertz CT molecular complexity index is 262. The number of hydrogen-bond acceptors (Lipinski definition) is 4. The number of quaternary nitrogens is 1. The van der Waals surface area contributed by atoms with Crippen LogP contribution in [0.15, 0.2) is 17.6 Å². The van der Waals surface area contributed by atoms with Crippen LogP contribution in [0.5, 0.6) is 0 Å². The first-order valence-electron chi connectivity index (χ1n) is 6.30. The van der Waals surface area contributed by atoms with Gasteiger partial charge in [0.1, 0.15) is 12.4 Å². The van der Waals surface area contributed by atoms with Gasteiger partial charge in [-0.25, -0.2) is 0 Å². The molecule has 0 amide bonds. The molecule has 0 radical (unpaired) electrons. The lowest BCUT2D eigenvalue weighted by molar-refractivity contribution is -0.885. The van der Waals surface area contributed by atoms with Crippen molar-refractivity contribution >= 4 is 6.21 Å². The molecule has 0 bridgehead atoms. The fourth-order valence-electron chi connectivity index (χ4n) is 1.88. The summed E-state index contributed by atoms with van der Waals surface area (Å²) in [6.07, 6.45) is 10.5. The molecule has 0 aromatic carbocycles. The molecule has 18 heavy (non-hydrogen) atoms. The van der Waals surface area contributed by atoms with Gasteiger partial charge in [-0.3, -0.25) is 4.90 Å².